The number of benzene rings is 1. The van der Waals surface area contributed by atoms with E-state index in [0.29, 0.717) is 22.6 Å². The summed E-state index contributed by atoms with van der Waals surface area (Å²) in [4.78, 5) is 12.4. The maximum absolute atomic E-state index is 12.3. The molecule has 0 aliphatic carbocycles. The highest BCUT2D eigenvalue weighted by Gasteiger charge is 2.17. The zero-order valence-corrected chi connectivity index (χ0v) is 11.7. The van der Waals surface area contributed by atoms with Crippen LogP contribution in [0.15, 0.2) is 39.6 Å². The topological polar surface area (TPSA) is 64.3 Å². The molecule has 0 aliphatic rings. The highest BCUT2D eigenvalue weighted by Crippen LogP contribution is 2.20. The molecule has 0 spiro atoms. The van der Waals surface area contributed by atoms with Crippen LogP contribution in [-0.2, 0) is 9.84 Å². The van der Waals surface area contributed by atoms with Crippen LogP contribution in [0, 0.1) is 13.8 Å². The summed E-state index contributed by atoms with van der Waals surface area (Å²) in [6.45, 7) is 3.47. The first-order valence-electron chi connectivity index (χ1n) is 5.71. The van der Waals surface area contributed by atoms with Crippen molar-refractivity contribution in [1.82, 2.24) is 0 Å². The summed E-state index contributed by atoms with van der Waals surface area (Å²) in [7, 11) is -3.32. The van der Waals surface area contributed by atoms with E-state index in [1.807, 2.05) is 0 Å². The molecule has 0 saturated carbocycles. The normalized spacial score (nSPS) is 11.5. The first-order valence-corrected chi connectivity index (χ1v) is 7.60. The standard InChI is InChI=1S/C14H14O4S/c1-9-7-13(10(2)18-9)14(15)11-5-4-6-12(8-11)19(3,16)17/h4-8H,1-3H3. The number of furan rings is 1. The monoisotopic (exact) mass is 278 g/mol. The summed E-state index contributed by atoms with van der Waals surface area (Å²) in [5.74, 6) is 0.951. The number of carbonyl (C=O) groups excluding carboxylic acids is 1. The van der Waals surface area contributed by atoms with Crippen LogP contribution < -0.4 is 0 Å². The Morgan fingerprint density at radius 3 is 2.37 bits per heavy atom. The van der Waals surface area contributed by atoms with E-state index >= 15 is 0 Å². The lowest BCUT2D eigenvalue weighted by atomic mass is 10.0. The molecule has 1 heterocycles. The lowest BCUT2D eigenvalue weighted by Gasteiger charge is -2.02. The minimum absolute atomic E-state index is 0.135. The maximum Gasteiger partial charge on any atom is 0.196 e. The molecule has 5 heteroatoms. The van der Waals surface area contributed by atoms with Gasteiger partial charge in [0, 0.05) is 11.8 Å². The summed E-state index contributed by atoms with van der Waals surface area (Å²) < 4.78 is 28.3. The fourth-order valence-corrected chi connectivity index (χ4v) is 2.55. The van der Waals surface area contributed by atoms with E-state index in [9.17, 15) is 13.2 Å². The van der Waals surface area contributed by atoms with E-state index in [0.717, 1.165) is 6.26 Å². The molecule has 4 nitrogen and oxygen atoms in total. The summed E-state index contributed by atoms with van der Waals surface area (Å²) >= 11 is 0. The van der Waals surface area contributed by atoms with Gasteiger partial charge in [-0.15, -0.1) is 0 Å². The van der Waals surface area contributed by atoms with Crippen LogP contribution in [0.5, 0.6) is 0 Å². The smallest absolute Gasteiger partial charge is 0.196 e. The molecule has 0 atom stereocenters. The first kappa shape index (κ1) is 13.5. The molecule has 2 rings (SSSR count). The van der Waals surface area contributed by atoms with E-state index in [4.69, 9.17) is 4.42 Å². The fraction of sp³-hybridized carbons (Fsp3) is 0.214. The molecule has 2 aromatic rings. The second-order valence-electron chi connectivity index (χ2n) is 4.46. The number of hydrogen-bond acceptors (Lipinski definition) is 4. The van der Waals surface area contributed by atoms with Crippen molar-refractivity contribution >= 4 is 15.6 Å². The van der Waals surface area contributed by atoms with Crippen molar-refractivity contribution in [3.8, 4) is 0 Å². The van der Waals surface area contributed by atoms with Gasteiger partial charge in [-0.2, -0.15) is 0 Å². The number of ketones is 1. The van der Waals surface area contributed by atoms with Gasteiger partial charge in [-0.1, -0.05) is 12.1 Å². The van der Waals surface area contributed by atoms with Gasteiger partial charge < -0.3 is 4.42 Å². The van der Waals surface area contributed by atoms with Gasteiger partial charge in [-0.25, -0.2) is 8.42 Å². The predicted molar refractivity (Wildman–Crippen MR) is 71.2 cm³/mol. The predicted octanol–water partition coefficient (Wildman–Crippen LogP) is 2.53. The fourth-order valence-electron chi connectivity index (χ4n) is 1.88. The number of aryl methyl sites for hydroxylation is 2. The lowest BCUT2D eigenvalue weighted by Crippen LogP contribution is -2.04. The van der Waals surface area contributed by atoms with Crippen LogP contribution in [0.25, 0.3) is 0 Å². The Hall–Kier alpha value is -1.88. The minimum atomic E-state index is -3.32. The van der Waals surface area contributed by atoms with Gasteiger partial charge >= 0.3 is 0 Å². The molecule has 0 radical (unpaired) electrons. The van der Waals surface area contributed by atoms with Gasteiger partial charge in [-0.05, 0) is 32.0 Å². The van der Waals surface area contributed by atoms with Crippen LogP contribution in [0.1, 0.15) is 27.4 Å². The van der Waals surface area contributed by atoms with Crippen molar-refractivity contribution in [2.75, 3.05) is 6.26 Å². The molecule has 0 unspecified atom stereocenters. The number of rotatable bonds is 3. The highest BCUT2D eigenvalue weighted by atomic mass is 32.2. The molecule has 0 bridgehead atoms. The molecular weight excluding hydrogens is 264 g/mol. The van der Waals surface area contributed by atoms with E-state index in [1.165, 1.54) is 12.1 Å². The second kappa shape index (κ2) is 4.66. The van der Waals surface area contributed by atoms with Gasteiger partial charge in [0.1, 0.15) is 11.5 Å². The van der Waals surface area contributed by atoms with Crippen molar-refractivity contribution in [1.29, 1.82) is 0 Å². The van der Waals surface area contributed by atoms with Crippen LogP contribution in [-0.4, -0.2) is 20.5 Å². The van der Waals surface area contributed by atoms with Gasteiger partial charge in [0.25, 0.3) is 0 Å². The highest BCUT2D eigenvalue weighted by molar-refractivity contribution is 7.90. The third kappa shape index (κ3) is 2.76. The molecule has 0 fully saturated rings. The zero-order chi connectivity index (χ0) is 14.2. The Morgan fingerprint density at radius 1 is 1.16 bits per heavy atom. The van der Waals surface area contributed by atoms with Gasteiger partial charge in [0.2, 0.25) is 0 Å². The summed E-state index contributed by atoms with van der Waals surface area (Å²) in [5.41, 5.74) is 0.801. The van der Waals surface area contributed by atoms with Crippen LogP contribution >= 0.6 is 0 Å². The van der Waals surface area contributed by atoms with Gasteiger partial charge in [-0.3, -0.25) is 4.79 Å². The molecule has 19 heavy (non-hydrogen) atoms. The van der Waals surface area contributed by atoms with Crippen LogP contribution in [0.2, 0.25) is 0 Å². The molecule has 0 N–H and O–H groups in total. The minimum Gasteiger partial charge on any atom is -0.466 e. The molecule has 1 aromatic carbocycles. The average molecular weight is 278 g/mol. The third-order valence-electron chi connectivity index (χ3n) is 2.81. The van der Waals surface area contributed by atoms with Gasteiger partial charge in [0.05, 0.1) is 10.5 Å². The molecule has 0 saturated heterocycles. The Labute approximate surface area is 112 Å². The Kier molecular flexibility index (Phi) is 3.32. The summed E-state index contributed by atoms with van der Waals surface area (Å²) in [6, 6.07) is 7.68. The number of hydrogen-bond donors (Lipinski definition) is 0. The van der Waals surface area contributed by atoms with E-state index in [2.05, 4.69) is 0 Å². The van der Waals surface area contributed by atoms with Crippen molar-refractivity contribution in [3.05, 3.63) is 53.0 Å². The number of sulfone groups is 1. The molecule has 100 valence electrons. The van der Waals surface area contributed by atoms with Crippen molar-refractivity contribution in [3.63, 3.8) is 0 Å². The largest absolute Gasteiger partial charge is 0.466 e. The molecule has 0 aliphatic heterocycles. The van der Waals surface area contributed by atoms with Crippen molar-refractivity contribution < 1.29 is 17.6 Å². The lowest BCUT2D eigenvalue weighted by molar-refractivity contribution is 0.103. The Balaban J connectivity index is 2.48. The summed E-state index contributed by atoms with van der Waals surface area (Å²) in [6.07, 6.45) is 1.11. The van der Waals surface area contributed by atoms with Crippen LogP contribution in [0.3, 0.4) is 0 Å². The maximum atomic E-state index is 12.3. The number of carbonyl (C=O) groups is 1. The van der Waals surface area contributed by atoms with E-state index in [1.54, 1.807) is 32.0 Å². The second-order valence-corrected chi connectivity index (χ2v) is 6.47. The Bertz CT molecular complexity index is 739. The van der Waals surface area contributed by atoms with E-state index in [-0.39, 0.29) is 10.7 Å². The van der Waals surface area contributed by atoms with Crippen molar-refractivity contribution in [2.24, 2.45) is 0 Å². The van der Waals surface area contributed by atoms with E-state index < -0.39 is 9.84 Å². The SMILES string of the molecule is Cc1cc(C(=O)c2cccc(S(C)(=O)=O)c2)c(C)o1. The average Bonchev–Trinajstić information content (AvgIpc) is 2.66. The quantitative estimate of drug-likeness (QED) is 0.809. The van der Waals surface area contributed by atoms with Gasteiger partial charge in [0.15, 0.2) is 15.6 Å². The third-order valence-corrected chi connectivity index (χ3v) is 3.92. The molecule has 0 amide bonds. The Morgan fingerprint density at radius 2 is 1.84 bits per heavy atom. The van der Waals surface area contributed by atoms with Crippen LogP contribution in [0.4, 0.5) is 0 Å². The summed E-state index contributed by atoms with van der Waals surface area (Å²) in [5, 5.41) is 0. The molecule has 1 aromatic heterocycles. The first-order chi connectivity index (χ1) is 8.79. The molecular formula is C14H14O4S. The zero-order valence-electron chi connectivity index (χ0n) is 10.9. The van der Waals surface area contributed by atoms with Crippen molar-refractivity contribution in [2.45, 2.75) is 18.7 Å².